The number of methoxy groups -OCH3 is 3. The van der Waals surface area contributed by atoms with Crippen LogP contribution >= 0.6 is 0 Å². The topological polar surface area (TPSA) is 71.4 Å². The highest BCUT2D eigenvalue weighted by molar-refractivity contribution is 5.63. The molecule has 1 aromatic rings. The maximum Gasteiger partial charge on any atom is 0.203 e. The van der Waals surface area contributed by atoms with Crippen LogP contribution in [0.2, 0.25) is 0 Å². The van der Waals surface area contributed by atoms with E-state index in [1.54, 1.807) is 14.2 Å². The summed E-state index contributed by atoms with van der Waals surface area (Å²) in [4.78, 5) is 2.15. The molecular formula is C18H25NO5. The van der Waals surface area contributed by atoms with Crippen molar-refractivity contribution in [1.82, 2.24) is 4.90 Å². The number of phenols is 1. The van der Waals surface area contributed by atoms with Crippen molar-refractivity contribution in [3.8, 4) is 17.2 Å². The third-order valence-corrected chi connectivity index (χ3v) is 6.35. The minimum Gasteiger partial charge on any atom is -0.504 e. The average molecular weight is 335 g/mol. The van der Waals surface area contributed by atoms with Crippen molar-refractivity contribution < 1.29 is 24.4 Å². The number of aliphatic hydroxyl groups is 1. The molecule has 1 unspecified atom stereocenters. The van der Waals surface area contributed by atoms with Crippen molar-refractivity contribution in [3.05, 3.63) is 17.2 Å². The summed E-state index contributed by atoms with van der Waals surface area (Å²) in [6.45, 7) is 0.820. The first-order chi connectivity index (χ1) is 11.6. The summed E-state index contributed by atoms with van der Waals surface area (Å²) in [5.74, 6) is 0.924. The van der Waals surface area contributed by atoms with E-state index < -0.39 is 6.23 Å². The number of phenolic OH excluding ortho intramolecular Hbond substituents is 1. The van der Waals surface area contributed by atoms with Crippen molar-refractivity contribution in [3.63, 3.8) is 0 Å². The highest BCUT2D eigenvalue weighted by atomic mass is 16.5. The van der Waals surface area contributed by atoms with Gasteiger partial charge in [-0.15, -0.1) is 0 Å². The molecule has 2 aliphatic heterocycles. The van der Waals surface area contributed by atoms with Crippen LogP contribution in [-0.2, 0) is 10.2 Å². The normalized spacial score (nSPS) is 36.8. The minimum atomic E-state index is -0.734. The second kappa shape index (κ2) is 5.51. The lowest BCUT2D eigenvalue weighted by atomic mass is 9.62. The number of benzene rings is 1. The van der Waals surface area contributed by atoms with Gasteiger partial charge in [0.05, 0.1) is 20.3 Å². The highest BCUT2D eigenvalue weighted by Crippen LogP contribution is 2.61. The average Bonchev–Trinajstić information content (AvgIpc) is 2.93. The van der Waals surface area contributed by atoms with Crippen LogP contribution in [0.1, 0.15) is 43.0 Å². The first kappa shape index (κ1) is 16.0. The number of rotatable bonds is 3. The van der Waals surface area contributed by atoms with Gasteiger partial charge in [-0.25, -0.2) is 0 Å². The van der Waals surface area contributed by atoms with Crippen LogP contribution in [0.5, 0.6) is 17.2 Å². The minimum absolute atomic E-state index is 0.119. The molecule has 1 aliphatic carbocycles. The Bertz CT molecular complexity index is 663. The van der Waals surface area contributed by atoms with E-state index in [2.05, 4.69) is 4.90 Å². The quantitative estimate of drug-likeness (QED) is 0.879. The zero-order chi connectivity index (χ0) is 17.1. The van der Waals surface area contributed by atoms with Crippen LogP contribution in [0.3, 0.4) is 0 Å². The third-order valence-electron chi connectivity index (χ3n) is 6.35. The number of hydrogen-bond acceptors (Lipinski definition) is 6. The zero-order valence-electron chi connectivity index (χ0n) is 14.4. The molecule has 5 atom stereocenters. The van der Waals surface area contributed by atoms with E-state index in [0.717, 1.165) is 43.4 Å². The Hall–Kier alpha value is -1.50. The summed E-state index contributed by atoms with van der Waals surface area (Å²) in [7, 11) is 4.82. The molecule has 1 aromatic carbocycles. The molecule has 2 heterocycles. The monoisotopic (exact) mass is 335 g/mol. The molecule has 6 nitrogen and oxygen atoms in total. The Labute approximate surface area is 141 Å². The molecule has 3 aliphatic rings. The van der Waals surface area contributed by atoms with Gasteiger partial charge in [-0.3, -0.25) is 4.90 Å². The molecule has 1 saturated carbocycles. The fourth-order valence-corrected chi connectivity index (χ4v) is 5.23. The van der Waals surface area contributed by atoms with Crippen molar-refractivity contribution in [2.45, 2.75) is 49.5 Å². The van der Waals surface area contributed by atoms with Crippen LogP contribution in [0.4, 0.5) is 0 Å². The molecule has 2 fully saturated rings. The van der Waals surface area contributed by atoms with E-state index in [1.165, 1.54) is 7.11 Å². The summed E-state index contributed by atoms with van der Waals surface area (Å²) >= 11 is 0. The van der Waals surface area contributed by atoms with Gasteiger partial charge in [0.1, 0.15) is 6.23 Å². The number of nitrogens with zero attached hydrogens (tertiary/aromatic N) is 1. The third kappa shape index (κ3) is 1.87. The Morgan fingerprint density at radius 1 is 1.21 bits per heavy atom. The molecular weight excluding hydrogens is 310 g/mol. The number of fused-ring (bicyclic) bond motifs is 1. The fourth-order valence-electron chi connectivity index (χ4n) is 5.23. The van der Waals surface area contributed by atoms with E-state index >= 15 is 0 Å². The van der Waals surface area contributed by atoms with Crippen molar-refractivity contribution in [2.75, 3.05) is 27.9 Å². The van der Waals surface area contributed by atoms with Gasteiger partial charge in [-0.05, 0) is 31.7 Å². The number of aromatic hydroxyl groups is 1. The van der Waals surface area contributed by atoms with Gasteiger partial charge in [0.2, 0.25) is 5.75 Å². The van der Waals surface area contributed by atoms with Crippen molar-refractivity contribution in [2.24, 2.45) is 0 Å². The summed E-state index contributed by atoms with van der Waals surface area (Å²) in [5, 5.41) is 21.9. The maximum absolute atomic E-state index is 11.0. The van der Waals surface area contributed by atoms with Crippen LogP contribution in [-0.4, -0.2) is 55.1 Å². The second-order valence-corrected chi connectivity index (χ2v) is 7.09. The van der Waals surface area contributed by atoms with Crippen molar-refractivity contribution in [1.29, 1.82) is 0 Å². The predicted molar refractivity (Wildman–Crippen MR) is 87.6 cm³/mol. The second-order valence-electron chi connectivity index (χ2n) is 7.09. The van der Waals surface area contributed by atoms with Gasteiger partial charge < -0.3 is 24.4 Å². The molecule has 6 heteroatoms. The lowest BCUT2D eigenvalue weighted by Gasteiger charge is -2.50. The summed E-state index contributed by atoms with van der Waals surface area (Å²) < 4.78 is 16.3. The zero-order valence-corrected chi connectivity index (χ0v) is 14.4. The molecule has 0 aromatic heterocycles. The Kier molecular flexibility index (Phi) is 3.67. The fraction of sp³-hybridized carbons (Fsp3) is 0.667. The SMILES string of the molecule is COc1cc2c(c(O)c1OC)[C@@]13CC[C@H](OC)C[C@@H]1N(CC3)[C@H]2O. The van der Waals surface area contributed by atoms with Gasteiger partial charge in [0.15, 0.2) is 11.5 Å². The molecule has 132 valence electrons. The molecule has 1 saturated heterocycles. The summed E-state index contributed by atoms with van der Waals surface area (Å²) in [6.07, 6.45) is 3.18. The van der Waals surface area contributed by atoms with E-state index in [-0.39, 0.29) is 23.3 Å². The van der Waals surface area contributed by atoms with Gasteiger partial charge in [0, 0.05) is 36.2 Å². The Balaban J connectivity index is 1.92. The maximum atomic E-state index is 11.0. The van der Waals surface area contributed by atoms with Gasteiger partial charge in [-0.1, -0.05) is 0 Å². The van der Waals surface area contributed by atoms with E-state index in [1.807, 2.05) is 6.07 Å². The number of ether oxygens (including phenoxy) is 3. The molecule has 0 amide bonds. The molecule has 2 N–H and O–H groups in total. The molecule has 2 bridgehead atoms. The standard InChI is InChI=1S/C18H25NO5/c1-22-10-4-5-18-6-7-19(13(18)8-10)17(21)11-9-12(23-2)16(24-3)15(20)14(11)18/h9-10,13,17,20-21H,4-8H2,1-3H3/t10-,13-,17-,18+/m0/s1. The van der Waals surface area contributed by atoms with E-state index in [4.69, 9.17) is 14.2 Å². The number of hydrogen-bond donors (Lipinski definition) is 2. The molecule has 4 rings (SSSR count). The smallest absolute Gasteiger partial charge is 0.203 e. The Morgan fingerprint density at radius 3 is 2.67 bits per heavy atom. The molecule has 24 heavy (non-hydrogen) atoms. The van der Waals surface area contributed by atoms with E-state index in [0.29, 0.717) is 11.5 Å². The number of aliphatic hydroxyl groups excluding tert-OH is 1. The van der Waals surface area contributed by atoms with Crippen molar-refractivity contribution >= 4 is 0 Å². The lowest BCUT2D eigenvalue weighted by molar-refractivity contribution is -0.0643. The first-order valence-corrected chi connectivity index (χ1v) is 8.52. The van der Waals surface area contributed by atoms with Crippen LogP contribution in [0, 0.1) is 0 Å². The van der Waals surface area contributed by atoms with Crippen LogP contribution < -0.4 is 9.47 Å². The van der Waals surface area contributed by atoms with Crippen LogP contribution in [0.25, 0.3) is 0 Å². The van der Waals surface area contributed by atoms with Crippen LogP contribution in [0.15, 0.2) is 6.07 Å². The van der Waals surface area contributed by atoms with E-state index in [9.17, 15) is 10.2 Å². The lowest BCUT2D eigenvalue weighted by Crippen LogP contribution is -2.53. The highest BCUT2D eigenvalue weighted by Gasteiger charge is 2.59. The Morgan fingerprint density at radius 2 is 2.00 bits per heavy atom. The predicted octanol–water partition coefficient (Wildman–Crippen LogP) is 1.92. The molecule has 0 spiro atoms. The van der Waals surface area contributed by atoms with Gasteiger partial charge in [-0.2, -0.15) is 0 Å². The van der Waals surface area contributed by atoms with Gasteiger partial charge in [0.25, 0.3) is 0 Å². The molecule has 0 radical (unpaired) electrons. The first-order valence-electron chi connectivity index (χ1n) is 8.52. The largest absolute Gasteiger partial charge is 0.504 e. The van der Waals surface area contributed by atoms with Gasteiger partial charge >= 0.3 is 0 Å². The summed E-state index contributed by atoms with van der Waals surface area (Å²) in [6, 6.07) is 2.00. The summed E-state index contributed by atoms with van der Waals surface area (Å²) in [5.41, 5.74) is 1.45.